The maximum atomic E-state index is 13.2. The van der Waals surface area contributed by atoms with Crippen molar-refractivity contribution in [2.75, 3.05) is 13.1 Å². The molecule has 0 fully saturated rings. The van der Waals surface area contributed by atoms with Gasteiger partial charge >= 0.3 is 0 Å². The van der Waals surface area contributed by atoms with Gasteiger partial charge in [0.15, 0.2) is 0 Å². The fraction of sp³-hybridized carbons (Fsp3) is 0.364. The molecule has 1 rings (SSSR count). The number of halogens is 2. The summed E-state index contributed by atoms with van der Waals surface area (Å²) in [4.78, 5) is 0. The highest BCUT2D eigenvalue weighted by Gasteiger charge is 2.01. The van der Waals surface area contributed by atoms with E-state index in [9.17, 15) is 4.39 Å². The van der Waals surface area contributed by atoms with Crippen LogP contribution < -0.4 is 5.32 Å². The summed E-state index contributed by atoms with van der Waals surface area (Å²) >= 11 is 5.75. The fourth-order valence-electron chi connectivity index (χ4n) is 1.23. The molecule has 0 aliphatic carbocycles. The van der Waals surface area contributed by atoms with E-state index in [1.54, 1.807) is 6.07 Å². The minimum atomic E-state index is -0.235. The first kappa shape index (κ1) is 12.0. The van der Waals surface area contributed by atoms with Gasteiger partial charge in [0.1, 0.15) is 5.82 Å². The number of nitrogens with one attached hydrogen (secondary N) is 1. The van der Waals surface area contributed by atoms with E-state index in [0.717, 1.165) is 0 Å². The van der Waals surface area contributed by atoms with Crippen molar-refractivity contribution in [3.8, 4) is 6.07 Å². The molecule has 1 N–H and O–H groups in total. The van der Waals surface area contributed by atoms with Gasteiger partial charge < -0.3 is 5.32 Å². The molecule has 0 unspecified atom stereocenters. The van der Waals surface area contributed by atoms with Gasteiger partial charge in [-0.15, -0.1) is 0 Å². The zero-order valence-electron chi connectivity index (χ0n) is 8.26. The lowest BCUT2D eigenvalue weighted by molar-refractivity contribution is 0.599. The lowest BCUT2D eigenvalue weighted by Gasteiger charge is -2.04. The molecule has 15 heavy (non-hydrogen) atoms. The van der Waals surface area contributed by atoms with Crippen molar-refractivity contribution >= 4 is 11.6 Å². The van der Waals surface area contributed by atoms with Gasteiger partial charge in [0.2, 0.25) is 0 Å². The Morgan fingerprint density at radius 1 is 1.40 bits per heavy atom. The Morgan fingerprint density at radius 3 is 2.93 bits per heavy atom. The first-order valence-corrected chi connectivity index (χ1v) is 5.13. The summed E-state index contributed by atoms with van der Waals surface area (Å²) in [6.07, 6.45) is 1.05. The summed E-state index contributed by atoms with van der Waals surface area (Å²) in [5.74, 6) is -0.235. The van der Waals surface area contributed by atoms with Crippen LogP contribution in [0.1, 0.15) is 12.0 Å². The van der Waals surface area contributed by atoms with Crippen molar-refractivity contribution in [1.82, 2.24) is 5.32 Å². The molecule has 0 aliphatic heterocycles. The second-order valence-corrected chi connectivity index (χ2v) is 3.58. The molecule has 1 aromatic rings. The molecule has 4 heteroatoms. The molecule has 1 aromatic carbocycles. The SMILES string of the molecule is N#CCCNCCc1cc(Cl)ccc1F. The molecule has 0 radical (unpaired) electrons. The third-order valence-electron chi connectivity index (χ3n) is 1.99. The highest BCUT2D eigenvalue weighted by Crippen LogP contribution is 2.14. The van der Waals surface area contributed by atoms with E-state index in [4.69, 9.17) is 16.9 Å². The van der Waals surface area contributed by atoms with Gasteiger partial charge in [-0.05, 0) is 36.7 Å². The van der Waals surface area contributed by atoms with Gasteiger partial charge in [-0.1, -0.05) is 11.6 Å². The Morgan fingerprint density at radius 2 is 2.20 bits per heavy atom. The highest BCUT2D eigenvalue weighted by molar-refractivity contribution is 6.30. The minimum Gasteiger partial charge on any atom is -0.315 e. The Hall–Kier alpha value is -1.11. The molecule has 0 atom stereocenters. The third kappa shape index (κ3) is 4.28. The smallest absolute Gasteiger partial charge is 0.126 e. The first-order chi connectivity index (χ1) is 7.24. The Balaban J connectivity index is 2.37. The zero-order valence-corrected chi connectivity index (χ0v) is 9.02. The molecular formula is C11H12ClFN2. The molecule has 0 heterocycles. The highest BCUT2D eigenvalue weighted by atomic mass is 35.5. The molecule has 0 spiro atoms. The van der Waals surface area contributed by atoms with Gasteiger partial charge in [-0.3, -0.25) is 0 Å². The predicted molar refractivity (Wildman–Crippen MR) is 58.2 cm³/mol. The summed E-state index contributed by atoms with van der Waals surface area (Å²) in [5.41, 5.74) is 0.604. The van der Waals surface area contributed by atoms with Crippen LogP contribution in [-0.4, -0.2) is 13.1 Å². The molecule has 0 saturated carbocycles. The van der Waals surface area contributed by atoms with E-state index >= 15 is 0 Å². The van der Waals surface area contributed by atoms with Crippen molar-refractivity contribution in [1.29, 1.82) is 5.26 Å². The number of benzene rings is 1. The van der Waals surface area contributed by atoms with Crippen LogP contribution >= 0.6 is 11.6 Å². The fourth-order valence-corrected chi connectivity index (χ4v) is 1.42. The van der Waals surface area contributed by atoms with Crippen molar-refractivity contribution in [2.24, 2.45) is 0 Å². The molecule has 2 nitrogen and oxygen atoms in total. The molecule has 0 bridgehead atoms. The van der Waals surface area contributed by atoms with Gasteiger partial charge in [-0.25, -0.2) is 4.39 Å². The molecule has 80 valence electrons. The van der Waals surface area contributed by atoms with E-state index in [-0.39, 0.29) is 5.82 Å². The summed E-state index contributed by atoms with van der Waals surface area (Å²) < 4.78 is 13.2. The zero-order chi connectivity index (χ0) is 11.1. The monoisotopic (exact) mass is 226 g/mol. The topological polar surface area (TPSA) is 35.8 Å². The largest absolute Gasteiger partial charge is 0.315 e. The Bertz CT molecular complexity index is 360. The summed E-state index contributed by atoms with van der Waals surface area (Å²) in [7, 11) is 0. The van der Waals surface area contributed by atoms with E-state index in [1.165, 1.54) is 12.1 Å². The van der Waals surface area contributed by atoms with Crippen LogP contribution in [0, 0.1) is 17.1 Å². The van der Waals surface area contributed by atoms with Crippen LogP contribution in [0.15, 0.2) is 18.2 Å². The maximum Gasteiger partial charge on any atom is 0.126 e. The standard InChI is InChI=1S/C11H12ClFN2/c12-10-2-3-11(13)9(8-10)4-7-15-6-1-5-14/h2-3,8,15H,1,4,6-7H2. The average Bonchev–Trinajstić information content (AvgIpc) is 2.23. The van der Waals surface area contributed by atoms with Gasteiger partial charge in [-0.2, -0.15) is 5.26 Å². The Kier molecular flexibility index (Phi) is 5.09. The predicted octanol–water partition coefficient (Wildman–Crippen LogP) is 2.52. The maximum absolute atomic E-state index is 13.2. The van der Waals surface area contributed by atoms with Crippen LogP contribution in [0.3, 0.4) is 0 Å². The van der Waals surface area contributed by atoms with E-state index in [1.807, 2.05) is 6.07 Å². The normalized spacial score (nSPS) is 9.93. The number of hydrogen-bond donors (Lipinski definition) is 1. The minimum absolute atomic E-state index is 0.235. The van der Waals surface area contributed by atoms with Gasteiger partial charge in [0.25, 0.3) is 0 Å². The Labute approximate surface area is 93.7 Å². The first-order valence-electron chi connectivity index (χ1n) is 4.75. The van der Waals surface area contributed by atoms with Crippen LogP contribution in [0.25, 0.3) is 0 Å². The number of rotatable bonds is 5. The average molecular weight is 227 g/mol. The number of hydrogen-bond acceptors (Lipinski definition) is 2. The second-order valence-electron chi connectivity index (χ2n) is 3.14. The molecular weight excluding hydrogens is 215 g/mol. The summed E-state index contributed by atoms with van der Waals surface area (Å²) in [5, 5.41) is 11.9. The van der Waals surface area contributed by atoms with Crippen molar-refractivity contribution in [3.63, 3.8) is 0 Å². The number of nitriles is 1. The second kappa shape index (κ2) is 6.39. The molecule has 0 aromatic heterocycles. The molecule has 0 aliphatic rings. The van der Waals surface area contributed by atoms with Crippen molar-refractivity contribution < 1.29 is 4.39 Å². The van der Waals surface area contributed by atoms with Crippen LogP contribution in [0.5, 0.6) is 0 Å². The van der Waals surface area contributed by atoms with E-state index in [2.05, 4.69) is 5.32 Å². The van der Waals surface area contributed by atoms with E-state index in [0.29, 0.717) is 36.5 Å². The summed E-state index contributed by atoms with van der Waals surface area (Å²) in [6.45, 7) is 1.29. The quantitative estimate of drug-likeness (QED) is 0.784. The summed E-state index contributed by atoms with van der Waals surface area (Å²) in [6, 6.07) is 6.56. The van der Waals surface area contributed by atoms with E-state index < -0.39 is 0 Å². The van der Waals surface area contributed by atoms with Crippen molar-refractivity contribution in [2.45, 2.75) is 12.8 Å². The van der Waals surface area contributed by atoms with Gasteiger partial charge in [0, 0.05) is 18.0 Å². The number of nitrogens with zero attached hydrogens (tertiary/aromatic N) is 1. The van der Waals surface area contributed by atoms with Crippen LogP contribution in [-0.2, 0) is 6.42 Å². The lowest BCUT2D eigenvalue weighted by atomic mass is 10.1. The van der Waals surface area contributed by atoms with Crippen molar-refractivity contribution in [3.05, 3.63) is 34.6 Å². The lowest BCUT2D eigenvalue weighted by Crippen LogP contribution is -2.18. The van der Waals surface area contributed by atoms with Crippen LogP contribution in [0.4, 0.5) is 4.39 Å². The van der Waals surface area contributed by atoms with Crippen LogP contribution in [0.2, 0.25) is 5.02 Å². The van der Waals surface area contributed by atoms with Gasteiger partial charge in [0.05, 0.1) is 6.07 Å². The molecule has 0 saturated heterocycles. The molecule has 0 amide bonds. The third-order valence-corrected chi connectivity index (χ3v) is 2.23.